The third-order valence-electron chi connectivity index (χ3n) is 2.41. The van der Waals surface area contributed by atoms with E-state index in [2.05, 4.69) is 0 Å². The smallest absolute Gasteiger partial charge is 0.235 e. The highest BCUT2D eigenvalue weighted by atomic mass is 16.3. The van der Waals surface area contributed by atoms with Crippen LogP contribution in [-0.4, -0.2) is 23.3 Å². The van der Waals surface area contributed by atoms with Gasteiger partial charge in [0.05, 0.1) is 18.7 Å². The molecule has 15 heavy (non-hydrogen) atoms. The van der Waals surface area contributed by atoms with Crippen LogP contribution in [-0.2, 0) is 9.59 Å². The van der Waals surface area contributed by atoms with Crippen molar-refractivity contribution < 1.29 is 14.7 Å². The van der Waals surface area contributed by atoms with Crippen LogP contribution in [0.5, 0.6) is 5.75 Å². The Morgan fingerprint density at radius 2 is 2.07 bits per heavy atom. The second-order valence-corrected chi connectivity index (χ2v) is 3.69. The number of ketones is 1. The number of nitrogens with zero attached hydrogens (tertiary/aromatic N) is 1. The molecule has 0 bridgehead atoms. The lowest BCUT2D eigenvalue weighted by Gasteiger charge is -2.16. The molecule has 1 amide bonds. The zero-order valence-corrected chi connectivity index (χ0v) is 8.36. The quantitative estimate of drug-likeness (QED) is 0.696. The number of Topliss-reactive ketones (excluding diaryl/α,β-unsaturated/α-hetero) is 1. The van der Waals surface area contributed by atoms with Crippen molar-refractivity contribution in [1.29, 1.82) is 0 Å². The van der Waals surface area contributed by atoms with Gasteiger partial charge in [-0.3, -0.25) is 9.59 Å². The third-order valence-corrected chi connectivity index (χ3v) is 2.41. The van der Waals surface area contributed by atoms with Crippen molar-refractivity contribution in [2.45, 2.75) is 13.3 Å². The molecule has 0 spiro atoms. The summed E-state index contributed by atoms with van der Waals surface area (Å²) in [6, 6.07) is 5.03. The Labute approximate surface area is 87.1 Å². The second-order valence-electron chi connectivity index (χ2n) is 3.69. The predicted molar refractivity (Wildman–Crippen MR) is 54.8 cm³/mol. The van der Waals surface area contributed by atoms with Crippen LogP contribution in [0.15, 0.2) is 18.2 Å². The normalized spacial score (nSPS) is 16.2. The molecule has 2 rings (SSSR count). The van der Waals surface area contributed by atoms with E-state index in [0.29, 0.717) is 5.69 Å². The van der Waals surface area contributed by atoms with Gasteiger partial charge >= 0.3 is 0 Å². The molecule has 4 nitrogen and oxygen atoms in total. The van der Waals surface area contributed by atoms with E-state index >= 15 is 0 Å². The molecule has 78 valence electrons. The maximum atomic E-state index is 11.4. The summed E-state index contributed by atoms with van der Waals surface area (Å²) in [4.78, 5) is 23.8. The molecule has 1 aliphatic rings. The number of aromatic hydroxyl groups is 1. The number of rotatable bonds is 1. The molecular weight excluding hydrogens is 194 g/mol. The van der Waals surface area contributed by atoms with Crippen LogP contribution in [0.3, 0.4) is 0 Å². The van der Waals surface area contributed by atoms with Gasteiger partial charge in [-0.05, 0) is 24.6 Å². The largest absolute Gasteiger partial charge is 0.506 e. The van der Waals surface area contributed by atoms with Crippen LogP contribution in [0.2, 0.25) is 0 Å². The first-order chi connectivity index (χ1) is 7.08. The molecule has 1 aliphatic heterocycles. The summed E-state index contributed by atoms with van der Waals surface area (Å²) in [6.45, 7) is 1.91. The number of aryl methyl sites for hydroxylation is 1. The highest BCUT2D eigenvalue weighted by molar-refractivity contribution is 6.15. The number of hydrogen-bond donors (Lipinski definition) is 1. The van der Waals surface area contributed by atoms with Gasteiger partial charge in [-0.1, -0.05) is 6.07 Å². The van der Waals surface area contributed by atoms with E-state index in [1.165, 1.54) is 4.90 Å². The zero-order chi connectivity index (χ0) is 11.0. The first-order valence-electron chi connectivity index (χ1n) is 4.69. The maximum Gasteiger partial charge on any atom is 0.235 e. The Kier molecular flexibility index (Phi) is 2.19. The van der Waals surface area contributed by atoms with E-state index in [4.69, 9.17) is 0 Å². The fraction of sp³-hybridized carbons (Fsp3) is 0.273. The summed E-state index contributed by atoms with van der Waals surface area (Å²) in [5.74, 6) is -0.322. The molecule has 1 N–H and O–H groups in total. The Morgan fingerprint density at radius 1 is 1.33 bits per heavy atom. The topological polar surface area (TPSA) is 57.6 Å². The average molecular weight is 205 g/mol. The Morgan fingerprint density at radius 3 is 2.60 bits per heavy atom. The number of carbonyl (C=O) groups excluding carboxylic acids is 2. The number of hydrogen-bond acceptors (Lipinski definition) is 3. The lowest BCUT2D eigenvalue weighted by molar-refractivity contribution is -0.121. The molecule has 1 saturated heterocycles. The van der Waals surface area contributed by atoms with Gasteiger partial charge in [-0.15, -0.1) is 0 Å². The molecule has 1 aromatic carbocycles. The molecule has 0 radical (unpaired) electrons. The summed E-state index contributed by atoms with van der Waals surface area (Å²) in [5, 5.41) is 9.65. The van der Waals surface area contributed by atoms with Crippen LogP contribution in [0.4, 0.5) is 5.69 Å². The maximum absolute atomic E-state index is 11.4. The zero-order valence-electron chi connectivity index (χ0n) is 8.36. The van der Waals surface area contributed by atoms with E-state index in [-0.39, 0.29) is 30.4 Å². The average Bonchev–Trinajstić information content (AvgIpc) is 2.45. The van der Waals surface area contributed by atoms with E-state index in [1.54, 1.807) is 18.2 Å². The first-order valence-corrected chi connectivity index (χ1v) is 4.69. The molecule has 0 atom stereocenters. The Balaban J connectivity index is 2.38. The van der Waals surface area contributed by atoms with Crippen molar-refractivity contribution in [2.24, 2.45) is 0 Å². The molecule has 0 unspecified atom stereocenters. The van der Waals surface area contributed by atoms with Crippen molar-refractivity contribution in [3.05, 3.63) is 23.8 Å². The number of benzene rings is 1. The van der Waals surface area contributed by atoms with Crippen molar-refractivity contribution in [3.63, 3.8) is 0 Å². The summed E-state index contributed by atoms with van der Waals surface area (Å²) in [7, 11) is 0. The Bertz CT molecular complexity index is 439. The first kappa shape index (κ1) is 9.71. The highest BCUT2D eigenvalue weighted by Gasteiger charge is 2.29. The van der Waals surface area contributed by atoms with Gasteiger partial charge in [0, 0.05) is 0 Å². The summed E-state index contributed by atoms with van der Waals surface area (Å²) < 4.78 is 0. The Hall–Kier alpha value is -1.84. The van der Waals surface area contributed by atoms with Gasteiger partial charge in [-0.2, -0.15) is 0 Å². The van der Waals surface area contributed by atoms with E-state index < -0.39 is 0 Å². The van der Waals surface area contributed by atoms with Crippen LogP contribution in [0.1, 0.15) is 12.0 Å². The standard InChI is InChI=1S/C11H11NO3/c1-7-2-3-9(10(14)4-7)12-6-8(13)5-11(12)15/h2-4,14H,5-6H2,1H3. The lowest BCUT2D eigenvalue weighted by atomic mass is 10.2. The minimum atomic E-state index is -0.251. The van der Waals surface area contributed by atoms with Gasteiger partial charge < -0.3 is 10.0 Å². The number of amides is 1. The van der Waals surface area contributed by atoms with Crippen molar-refractivity contribution >= 4 is 17.4 Å². The molecular formula is C11H11NO3. The van der Waals surface area contributed by atoms with E-state index in [1.807, 2.05) is 6.92 Å². The summed E-state index contributed by atoms with van der Waals surface area (Å²) in [5.41, 5.74) is 1.32. The fourth-order valence-electron chi connectivity index (χ4n) is 1.67. The van der Waals surface area contributed by atoms with Crippen molar-refractivity contribution in [2.75, 3.05) is 11.4 Å². The van der Waals surface area contributed by atoms with E-state index in [9.17, 15) is 14.7 Å². The SMILES string of the molecule is Cc1ccc(N2CC(=O)CC2=O)c(O)c1. The number of anilines is 1. The van der Waals surface area contributed by atoms with Gasteiger partial charge in [0.25, 0.3) is 0 Å². The number of phenolic OH excluding ortho intramolecular Hbond substituents is 1. The fourth-order valence-corrected chi connectivity index (χ4v) is 1.67. The predicted octanol–water partition coefficient (Wildman–Crippen LogP) is 1.01. The van der Waals surface area contributed by atoms with Crippen LogP contribution < -0.4 is 4.90 Å². The van der Waals surface area contributed by atoms with E-state index in [0.717, 1.165) is 5.56 Å². The van der Waals surface area contributed by atoms with Gasteiger partial charge in [0.2, 0.25) is 5.91 Å². The van der Waals surface area contributed by atoms with Crippen molar-refractivity contribution in [3.8, 4) is 5.75 Å². The molecule has 0 aliphatic carbocycles. The molecule has 4 heteroatoms. The molecule has 1 heterocycles. The van der Waals surface area contributed by atoms with Crippen LogP contribution in [0.25, 0.3) is 0 Å². The van der Waals surface area contributed by atoms with Gasteiger partial charge in [-0.25, -0.2) is 0 Å². The number of phenols is 1. The summed E-state index contributed by atoms with van der Waals surface area (Å²) >= 11 is 0. The molecule has 1 fully saturated rings. The molecule has 1 aromatic rings. The second kappa shape index (κ2) is 3.38. The summed E-state index contributed by atoms with van der Waals surface area (Å²) in [6.07, 6.45) is -0.0622. The minimum Gasteiger partial charge on any atom is -0.506 e. The van der Waals surface area contributed by atoms with Crippen LogP contribution in [0, 0.1) is 6.92 Å². The van der Waals surface area contributed by atoms with Crippen LogP contribution >= 0.6 is 0 Å². The lowest BCUT2D eigenvalue weighted by Crippen LogP contribution is -2.24. The van der Waals surface area contributed by atoms with Gasteiger partial charge in [0.15, 0.2) is 5.78 Å². The number of carbonyl (C=O) groups is 2. The highest BCUT2D eigenvalue weighted by Crippen LogP contribution is 2.30. The molecule has 0 aromatic heterocycles. The monoisotopic (exact) mass is 205 g/mol. The molecule has 0 saturated carbocycles. The van der Waals surface area contributed by atoms with Crippen molar-refractivity contribution in [1.82, 2.24) is 0 Å². The van der Waals surface area contributed by atoms with Gasteiger partial charge in [0.1, 0.15) is 5.75 Å². The third kappa shape index (κ3) is 1.70. The minimum absolute atomic E-state index is 0.0399.